The van der Waals surface area contributed by atoms with E-state index >= 15 is 0 Å². The Bertz CT molecular complexity index is 1070. The zero-order valence-electron chi connectivity index (χ0n) is 16.9. The zero-order valence-corrected chi connectivity index (χ0v) is 17.6. The Hall–Kier alpha value is -3.17. The van der Waals surface area contributed by atoms with Gasteiger partial charge in [-0.25, -0.2) is 0 Å². The molecule has 0 bridgehead atoms. The molecule has 2 N–H and O–H groups in total. The zero-order chi connectivity index (χ0) is 21.7. The largest absolute Gasteiger partial charge is 0.309 e. The molecular formula is C25H23ClN4. The van der Waals surface area contributed by atoms with Crippen LogP contribution >= 0.6 is 11.6 Å². The van der Waals surface area contributed by atoms with Gasteiger partial charge in [-0.2, -0.15) is 5.26 Å². The van der Waals surface area contributed by atoms with Gasteiger partial charge < -0.3 is 10.8 Å². The van der Waals surface area contributed by atoms with Crippen LogP contribution in [0.1, 0.15) is 37.3 Å². The molecule has 1 heterocycles. The third-order valence-corrected chi connectivity index (χ3v) is 5.76. The Balaban J connectivity index is 1.82. The number of terminal acetylenes is 1. The molecule has 0 aromatic heterocycles. The molecule has 4 nitrogen and oxygen atoms in total. The van der Waals surface area contributed by atoms with E-state index in [1.165, 1.54) is 0 Å². The third kappa shape index (κ3) is 5.05. The fourth-order valence-corrected chi connectivity index (χ4v) is 3.57. The van der Waals surface area contributed by atoms with Crippen molar-refractivity contribution in [1.82, 2.24) is 0 Å². The van der Waals surface area contributed by atoms with E-state index in [0.29, 0.717) is 46.5 Å². The van der Waals surface area contributed by atoms with Crippen LogP contribution in [0.2, 0.25) is 0 Å². The monoisotopic (exact) mass is 414 g/mol. The first-order valence-corrected chi connectivity index (χ1v) is 10.3. The summed E-state index contributed by atoms with van der Waals surface area (Å²) >= 11 is 6.48. The van der Waals surface area contributed by atoms with Crippen LogP contribution in [0.4, 0.5) is 0 Å². The van der Waals surface area contributed by atoms with Crippen LogP contribution in [0.5, 0.6) is 0 Å². The van der Waals surface area contributed by atoms with Gasteiger partial charge in [0, 0.05) is 47.2 Å². The van der Waals surface area contributed by atoms with Crippen LogP contribution in [-0.2, 0) is 6.42 Å². The molecule has 1 aliphatic heterocycles. The maximum atomic E-state index is 8.81. The number of nitrogens with one attached hydrogen (secondary N) is 2. The molecule has 2 aliphatic rings. The van der Waals surface area contributed by atoms with Crippen LogP contribution in [0.15, 0.2) is 57.9 Å². The summed E-state index contributed by atoms with van der Waals surface area (Å²) in [7, 11) is 0. The van der Waals surface area contributed by atoms with E-state index in [1.807, 2.05) is 31.2 Å². The molecule has 150 valence electrons. The van der Waals surface area contributed by atoms with Crippen molar-refractivity contribution in [2.45, 2.75) is 32.6 Å². The molecule has 30 heavy (non-hydrogen) atoms. The second kappa shape index (κ2) is 9.55. The van der Waals surface area contributed by atoms with Crippen LogP contribution in [0.3, 0.4) is 0 Å². The maximum Gasteiger partial charge on any atom is 0.0779 e. The number of hydrogen-bond donors (Lipinski definition) is 2. The van der Waals surface area contributed by atoms with E-state index in [9.17, 15) is 0 Å². The van der Waals surface area contributed by atoms with Crippen molar-refractivity contribution >= 4 is 28.7 Å². The number of benzene rings is 1. The molecule has 1 fully saturated rings. The van der Waals surface area contributed by atoms with Gasteiger partial charge in [0.05, 0.1) is 29.2 Å². The Morgan fingerprint density at radius 3 is 2.63 bits per heavy atom. The molecule has 5 heteroatoms. The molecule has 0 amide bonds. The summed E-state index contributed by atoms with van der Waals surface area (Å²) in [5.41, 5.74) is 7.45. The first-order chi connectivity index (χ1) is 14.4. The van der Waals surface area contributed by atoms with E-state index in [2.05, 4.69) is 22.7 Å². The van der Waals surface area contributed by atoms with Crippen LogP contribution < -0.4 is 0 Å². The summed E-state index contributed by atoms with van der Waals surface area (Å²) in [5, 5.41) is 25.8. The van der Waals surface area contributed by atoms with Crippen molar-refractivity contribution in [2.75, 3.05) is 0 Å². The quantitative estimate of drug-likeness (QED) is 0.331. The van der Waals surface area contributed by atoms with Crippen LogP contribution in [-0.4, -0.2) is 17.1 Å². The lowest BCUT2D eigenvalue weighted by atomic mass is 9.82. The second-order valence-electron chi connectivity index (χ2n) is 7.66. The highest BCUT2D eigenvalue weighted by molar-refractivity contribution is 6.32. The lowest BCUT2D eigenvalue weighted by Gasteiger charge is -2.21. The summed E-state index contributed by atoms with van der Waals surface area (Å²) < 4.78 is 0. The third-order valence-electron chi connectivity index (χ3n) is 5.46. The highest BCUT2D eigenvalue weighted by atomic mass is 35.5. The average Bonchev–Trinajstić information content (AvgIpc) is 3.59. The Morgan fingerprint density at radius 2 is 2.03 bits per heavy atom. The van der Waals surface area contributed by atoms with E-state index < -0.39 is 5.92 Å². The smallest absolute Gasteiger partial charge is 0.0779 e. The number of allylic oxidation sites excluding steroid dienone is 2. The Kier molecular flexibility index (Phi) is 6.86. The highest BCUT2D eigenvalue weighted by Crippen LogP contribution is 2.34. The molecule has 0 radical (unpaired) electrons. The Morgan fingerprint density at radius 1 is 1.33 bits per heavy atom. The number of halogens is 1. The van der Waals surface area contributed by atoms with E-state index in [1.54, 1.807) is 12.3 Å². The summed E-state index contributed by atoms with van der Waals surface area (Å²) in [5.74, 6) is 2.44. The first-order valence-electron chi connectivity index (χ1n) is 9.92. The number of hydrogen-bond acceptors (Lipinski definition) is 4. The molecule has 3 rings (SSSR count). The molecule has 0 saturated heterocycles. The van der Waals surface area contributed by atoms with Crippen LogP contribution in [0.25, 0.3) is 0 Å². The molecule has 1 aromatic carbocycles. The van der Waals surface area contributed by atoms with Gasteiger partial charge in [0.1, 0.15) is 0 Å². The second-order valence-corrected chi connectivity index (χ2v) is 8.07. The van der Waals surface area contributed by atoms with E-state index in [4.69, 9.17) is 34.1 Å². The van der Waals surface area contributed by atoms with Gasteiger partial charge in [-0.1, -0.05) is 48.7 Å². The van der Waals surface area contributed by atoms with Gasteiger partial charge in [-0.3, -0.25) is 4.99 Å². The van der Waals surface area contributed by atoms with Gasteiger partial charge in [0.2, 0.25) is 0 Å². The summed E-state index contributed by atoms with van der Waals surface area (Å²) in [4.78, 5) is 4.46. The summed E-state index contributed by atoms with van der Waals surface area (Å²) in [6, 6.07) is 9.76. The topological polar surface area (TPSA) is 83.8 Å². The number of aliphatic imine (C=N–C) groups is 1. The van der Waals surface area contributed by atoms with E-state index in [-0.39, 0.29) is 5.92 Å². The minimum atomic E-state index is -0.419. The SMILES string of the molecule is C#CC(C1=C=CC(c2ccc(CC#N)cc2)=NC=C1Cl)C(C)C(=N)CC(=N)C1CC1. The van der Waals surface area contributed by atoms with Gasteiger partial charge >= 0.3 is 0 Å². The van der Waals surface area contributed by atoms with Gasteiger partial charge in [-0.15, -0.1) is 12.2 Å². The first kappa shape index (κ1) is 21.5. The van der Waals surface area contributed by atoms with Crippen molar-refractivity contribution in [2.24, 2.45) is 22.7 Å². The van der Waals surface area contributed by atoms with Crippen molar-refractivity contribution < 1.29 is 0 Å². The predicted octanol–water partition coefficient (Wildman–Crippen LogP) is 5.44. The molecule has 0 spiro atoms. The number of nitrogens with zero attached hydrogens (tertiary/aromatic N) is 2. The lowest BCUT2D eigenvalue weighted by molar-refractivity contribution is 0.636. The van der Waals surface area contributed by atoms with Gasteiger partial charge in [0.25, 0.3) is 0 Å². The molecule has 1 aromatic rings. The lowest BCUT2D eigenvalue weighted by Crippen LogP contribution is -2.23. The number of nitriles is 1. The van der Waals surface area contributed by atoms with Crippen molar-refractivity contribution in [3.8, 4) is 18.4 Å². The van der Waals surface area contributed by atoms with Crippen molar-refractivity contribution in [3.63, 3.8) is 0 Å². The van der Waals surface area contributed by atoms with Gasteiger partial charge in [-0.05, 0) is 24.3 Å². The minimum absolute atomic E-state index is 0.251. The van der Waals surface area contributed by atoms with E-state index in [0.717, 1.165) is 24.0 Å². The summed E-state index contributed by atoms with van der Waals surface area (Å²) in [6.07, 6.45) is 12.0. The van der Waals surface area contributed by atoms with Crippen molar-refractivity contribution in [1.29, 1.82) is 16.1 Å². The average molecular weight is 415 g/mol. The minimum Gasteiger partial charge on any atom is -0.309 e. The van der Waals surface area contributed by atoms with Crippen molar-refractivity contribution in [3.05, 3.63) is 64.0 Å². The number of rotatable bonds is 8. The highest BCUT2D eigenvalue weighted by Gasteiger charge is 2.30. The predicted molar refractivity (Wildman–Crippen MR) is 122 cm³/mol. The Labute approximate surface area is 182 Å². The fourth-order valence-electron chi connectivity index (χ4n) is 3.35. The molecule has 2 unspecified atom stereocenters. The molecule has 1 aliphatic carbocycles. The standard InChI is InChI=1S/C25H23ClN4/c1-3-20(16(2)23(28)14-24(29)18-8-9-18)21-10-11-25(30-15-22(21)26)19-6-4-17(5-7-19)12-13-27/h1,4-7,11,15-16,18,20,28-29H,8-9,12,14H2,2H3. The molecular weight excluding hydrogens is 392 g/mol. The summed E-state index contributed by atoms with van der Waals surface area (Å²) in [6.45, 7) is 1.91. The normalized spacial score (nSPS) is 17.4. The van der Waals surface area contributed by atoms with Gasteiger partial charge in [0.15, 0.2) is 0 Å². The fraction of sp³-hybridized carbons (Fsp3) is 0.320. The molecule has 2 atom stereocenters. The maximum absolute atomic E-state index is 8.81. The molecule has 1 saturated carbocycles. The van der Waals surface area contributed by atoms with Crippen LogP contribution in [0, 0.1) is 52.2 Å².